The number of likely N-dealkylation sites (N-methyl/N-ethyl adjacent to an activating group) is 1. The van der Waals surface area contributed by atoms with E-state index in [0.717, 1.165) is 32.3 Å². The highest BCUT2D eigenvalue weighted by molar-refractivity contribution is 4.90. The normalized spacial score (nSPS) is 22.2. The predicted octanol–water partition coefficient (Wildman–Crippen LogP) is 2.41. The largest absolute Gasteiger partial charge is 0.374 e. The Morgan fingerprint density at radius 3 is 2.61 bits per heavy atom. The fraction of sp³-hybridized carbons (Fsp3) is 1.00. The van der Waals surface area contributed by atoms with Crippen LogP contribution in [0.5, 0.6) is 0 Å². The van der Waals surface area contributed by atoms with E-state index in [0.29, 0.717) is 0 Å². The predicted molar refractivity (Wildman–Crippen MR) is 76.0 cm³/mol. The molecule has 0 aromatic heterocycles. The molecule has 18 heavy (non-hydrogen) atoms. The van der Waals surface area contributed by atoms with Gasteiger partial charge in [-0.3, -0.25) is 0 Å². The molecule has 0 bridgehead atoms. The summed E-state index contributed by atoms with van der Waals surface area (Å²) in [4.78, 5) is 2.46. The second-order valence-corrected chi connectivity index (χ2v) is 6.10. The lowest BCUT2D eigenvalue weighted by Gasteiger charge is -2.42. The average molecular weight is 254 g/mol. The third-order valence-electron chi connectivity index (χ3n) is 4.47. The summed E-state index contributed by atoms with van der Waals surface area (Å²) in [6.45, 7) is 6.50. The van der Waals surface area contributed by atoms with Crippen LogP contribution >= 0.6 is 0 Å². The molecule has 0 unspecified atom stereocenters. The molecule has 0 radical (unpaired) electrons. The van der Waals surface area contributed by atoms with Crippen molar-refractivity contribution in [3.05, 3.63) is 0 Å². The zero-order valence-corrected chi connectivity index (χ0v) is 12.2. The van der Waals surface area contributed by atoms with Crippen LogP contribution in [0.2, 0.25) is 0 Å². The molecule has 2 aliphatic rings. The third-order valence-corrected chi connectivity index (χ3v) is 4.47. The van der Waals surface area contributed by atoms with Gasteiger partial charge >= 0.3 is 0 Å². The summed E-state index contributed by atoms with van der Waals surface area (Å²) in [5, 5.41) is 3.50. The van der Waals surface area contributed by atoms with E-state index < -0.39 is 0 Å². The van der Waals surface area contributed by atoms with Crippen molar-refractivity contribution in [3.8, 4) is 0 Å². The first kappa shape index (κ1) is 14.3. The average Bonchev–Trinajstić information content (AvgIpc) is 3.14. The van der Waals surface area contributed by atoms with Crippen LogP contribution in [0.1, 0.15) is 51.9 Å². The number of hydrogen-bond acceptors (Lipinski definition) is 3. The number of hydrogen-bond donors (Lipinski definition) is 1. The van der Waals surface area contributed by atoms with Gasteiger partial charge in [0.05, 0.1) is 12.2 Å². The summed E-state index contributed by atoms with van der Waals surface area (Å²) in [7, 11) is 2.23. The molecule has 3 nitrogen and oxygen atoms in total. The Hall–Kier alpha value is -0.120. The van der Waals surface area contributed by atoms with Gasteiger partial charge in [0.2, 0.25) is 0 Å². The Morgan fingerprint density at radius 1 is 1.28 bits per heavy atom. The van der Waals surface area contributed by atoms with Gasteiger partial charge in [-0.1, -0.05) is 6.92 Å². The lowest BCUT2D eigenvalue weighted by atomic mass is 9.77. The molecule has 0 aliphatic heterocycles. The topological polar surface area (TPSA) is 24.5 Å². The van der Waals surface area contributed by atoms with E-state index in [4.69, 9.17) is 4.74 Å². The van der Waals surface area contributed by atoms with Crippen molar-refractivity contribution in [1.29, 1.82) is 0 Å². The highest BCUT2D eigenvalue weighted by Crippen LogP contribution is 2.38. The lowest BCUT2D eigenvalue weighted by Crippen LogP contribution is -2.44. The van der Waals surface area contributed by atoms with Crippen LogP contribution in [0.25, 0.3) is 0 Å². The summed E-state index contributed by atoms with van der Waals surface area (Å²) in [5.74, 6) is 0. The molecular weight excluding hydrogens is 224 g/mol. The summed E-state index contributed by atoms with van der Waals surface area (Å²) < 4.78 is 6.21. The van der Waals surface area contributed by atoms with Crippen LogP contribution in [0.3, 0.4) is 0 Å². The van der Waals surface area contributed by atoms with Crippen molar-refractivity contribution in [1.82, 2.24) is 10.2 Å². The minimum Gasteiger partial charge on any atom is -0.374 e. The maximum atomic E-state index is 6.21. The van der Waals surface area contributed by atoms with Crippen LogP contribution < -0.4 is 5.32 Å². The maximum Gasteiger partial charge on any atom is 0.0695 e. The van der Waals surface area contributed by atoms with Gasteiger partial charge in [-0.05, 0) is 65.1 Å². The highest BCUT2D eigenvalue weighted by atomic mass is 16.5. The zero-order valence-electron chi connectivity index (χ0n) is 12.2. The van der Waals surface area contributed by atoms with E-state index in [1.165, 1.54) is 44.9 Å². The maximum absolute atomic E-state index is 6.21. The molecule has 2 saturated carbocycles. The van der Waals surface area contributed by atoms with Crippen molar-refractivity contribution in [2.45, 2.75) is 63.5 Å². The number of nitrogens with one attached hydrogen (secondary N) is 1. The second-order valence-electron chi connectivity index (χ2n) is 6.10. The number of rotatable bonds is 10. The molecule has 2 aliphatic carbocycles. The van der Waals surface area contributed by atoms with E-state index >= 15 is 0 Å². The molecule has 2 rings (SSSR count). The van der Waals surface area contributed by atoms with E-state index in [1.54, 1.807) is 0 Å². The van der Waals surface area contributed by atoms with Crippen molar-refractivity contribution < 1.29 is 4.74 Å². The smallest absolute Gasteiger partial charge is 0.0695 e. The van der Waals surface area contributed by atoms with Gasteiger partial charge < -0.3 is 15.0 Å². The minimum atomic E-state index is 0.227. The molecule has 0 amide bonds. The van der Waals surface area contributed by atoms with E-state index in [1.807, 2.05) is 0 Å². The van der Waals surface area contributed by atoms with Gasteiger partial charge in [0, 0.05) is 12.6 Å². The first-order chi connectivity index (χ1) is 8.76. The number of ether oxygens (including phenoxy) is 1. The fourth-order valence-electron chi connectivity index (χ4n) is 2.76. The summed E-state index contributed by atoms with van der Waals surface area (Å²) in [6, 6.07) is 0.858. The van der Waals surface area contributed by atoms with Gasteiger partial charge in [0.25, 0.3) is 0 Å². The molecule has 3 heteroatoms. The van der Waals surface area contributed by atoms with Gasteiger partial charge in [-0.15, -0.1) is 0 Å². The second kappa shape index (κ2) is 6.88. The molecule has 0 atom stereocenters. The van der Waals surface area contributed by atoms with Crippen molar-refractivity contribution >= 4 is 0 Å². The summed E-state index contributed by atoms with van der Waals surface area (Å²) in [5.41, 5.74) is 0.227. The summed E-state index contributed by atoms with van der Waals surface area (Å²) >= 11 is 0. The van der Waals surface area contributed by atoms with Gasteiger partial charge in [-0.25, -0.2) is 0 Å². The molecule has 0 saturated heterocycles. The molecule has 0 spiro atoms. The SMILES string of the molecule is CCCNCCC1(OCCN(C)C2CC2)CCC1. The van der Waals surface area contributed by atoms with Crippen molar-refractivity contribution in [2.24, 2.45) is 0 Å². The molecule has 2 fully saturated rings. The highest BCUT2D eigenvalue weighted by Gasteiger charge is 2.37. The molecule has 1 N–H and O–H groups in total. The van der Waals surface area contributed by atoms with Crippen molar-refractivity contribution in [2.75, 3.05) is 33.3 Å². The molecule has 0 aromatic carbocycles. The van der Waals surface area contributed by atoms with Crippen LogP contribution in [0.4, 0.5) is 0 Å². The van der Waals surface area contributed by atoms with Crippen LogP contribution in [0, 0.1) is 0 Å². The molecule has 106 valence electrons. The Kier molecular flexibility index (Phi) is 5.46. The van der Waals surface area contributed by atoms with Gasteiger partial charge in [0.1, 0.15) is 0 Å². The molecule has 0 heterocycles. The zero-order chi connectivity index (χ0) is 12.8. The lowest BCUT2D eigenvalue weighted by molar-refractivity contribution is -0.107. The van der Waals surface area contributed by atoms with E-state index in [-0.39, 0.29) is 5.60 Å². The van der Waals surface area contributed by atoms with Crippen molar-refractivity contribution in [3.63, 3.8) is 0 Å². The first-order valence-electron chi connectivity index (χ1n) is 7.81. The van der Waals surface area contributed by atoms with Crippen LogP contribution in [-0.4, -0.2) is 49.8 Å². The molecule has 0 aromatic rings. The van der Waals surface area contributed by atoms with Gasteiger partial charge in [-0.2, -0.15) is 0 Å². The van der Waals surface area contributed by atoms with E-state index in [2.05, 4.69) is 24.2 Å². The number of nitrogens with zero attached hydrogens (tertiary/aromatic N) is 1. The third kappa shape index (κ3) is 4.22. The minimum absolute atomic E-state index is 0.227. The van der Waals surface area contributed by atoms with Crippen LogP contribution in [-0.2, 0) is 4.74 Å². The van der Waals surface area contributed by atoms with Crippen LogP contribution in [0.15, 0.2) is 0 Å². The Labute approximate surface area is 112 Å². The quantitative estimate of drug-likeness (QED) is 0.606. The van der Waals surface area contributed by atoms with E-state index in [9.17, 15) is 0 Å². The van der Waals surface area contributed by atoms with Gasteiger partial charge in [0.15, 0.2) is 0 Å². The standard InChI is InChI=1S/C15H30N2O/c1-3-10-16-11-9-15(7-4-8-15)18-13-12-17(2)14-5-6-14/h14,16H,3-13H2,1-2H3. The Balaban J connectivity index is 1.58. The summed E-state index contributed by atoms with van der Waals surface area (Å²) in [6.07, 6.45) is 9.10. The fourth-order valence-corrected chi connectivity index (χ4v) is 2.76. The first-order valence-corrected chi connectivity index (χ1v) is 7.81. The Bertz CT molecular complexity index is 237. The molecular formula is C15H30N2O. The monoisotopic (exact) mass is 254 g/mol. The Morgan fingerprint density at radius 2 is 2.06 bits per heavy atom.